The number of nitro benzene ring substituents is 1. The minimum absolute atomic E-state index is 0.0262. The van der Waals surface area contributed by atoms with Crippen LogP contribution in [0.4, 0.5) is 11.4 Å². The quantitative estimate of drug-likeness (QED) is 0.286. The lowest BCUT2D eigenvalue weighted by Crippen LogP contribution is -2.46. The number of amides is 2. The maximum absolute atomic E-state index is 13.7. The Balaban J connectivity index is 1.58. The molecule has 2 amide bonds. The lowest BCUT2D eigenvalue weighted by atomic mass is 9.85. The number of carbonyl (C=O) groups is 3. The molecule has 3 saturated heterocycles. The molecule has 5 rings (SSSR count). The van der Waals surface area contributed by atoms with Gasteiger partial charge in [0, 0.05) is 28.8 Å². The van der Waals surface area contributed by atoms with Gasteiger partial charge in [0.15, 0.2) is 5.78 Å². The average Bonchev–Trinajstić information content (AvgIpc) is 3.45. The van der Waals surface area contributed by atoms with Crippen LogP contribution in [0.25, 0.3) is 0 Å². The number of methoxy groups -OCH3 is 1. The number of non-ortho nitro benzene ring substituents is 1. The number of halogens is 1. The Hall–Kier alpha value is -3.30. The van der Waals surface area contributed by atoms with Gasteiger partial charge in [0.1, 0.15) is 11.4 Å². The fraction of sp³-hybridized carbons (Fsp3) is 0.348. The maximum Gasteiger partial charge on any atom is 0.271 e. The van der Waals surface area contributed by atoms with Gasteiger partial charge in [-0.05, 0) is 49.7 Å². The second-order valence-corrected chi connectivity index (χ2v) is 8.88. The van der Waals surface area contributed by atoms with Gasteiger partial charge in [-0.1, -0.05) is 11.6 Å². The molecule has 0 aliphatic carbocycles. The van der Waals surface area contributed by atoms with Crippen LogP contribution in [0.3, 0.4) is 0 Å². The van der Waals surface area contributed by atoms with Gasteiger partial charge in [0.25, 0.3) is 5.69 Å². The second kappa shape index (κ2) is 7.93. The molecule has 0 radical (unpaired) electrons. The van der Waals surface area contributed by atoms with Crippen LogP contribution in [0.2, 0.25) is 5.02 Å². The van der Waals surface area contributed by atoms with E-state index in [0.29, 0.717) is 23.6 Å². The van der Waals surface area contributed by atoms with Crippen LogP contribution < -0.4 is 9.64 Å². The molecule has 0 saturated carbocycles. The number of imide groups is 1. The van der Waals surface area contributed by atoms with Gasteiger partial charge in [-0.25, -0.2) is 4.90 Å². The van der Waals surface area contributed by atoms with Crippen LogP contribution in [-0.4, -0.2) is 53.2 Å². The number of nitrogens with zero attached hydrogens (tertiary/aromatic N) is 3. The third kappa shape index (κ3) is 3.22. The summed E-state index contributed by atoms with van der Waals surface area (Å²) in [6.07, 6.45) is 1.52. The number of hydrogen-bond acceptors (Lipinski definition) is 7. The first-order chi connectivity index (χ1) is 15.8. The third-order valence-electron chi connectivity index (χ3n) is 6.86. The number of Topliss-reactive ketones (excluding diaryl/α,β-unsaturated/α-hetero) is 1. The van der Waals surface area contributed by atoms with E-state index >= 15 is 0 Å². The minimum atomic E-state index is -0.866. The molecule has 3 heterocycles. The van der Waals surface area contributed by atoms with E-state index in [1.54, 1.807) is 24.3 Å². The summed E-state index contributed by atoms with van der Waals surface area (Å²) in [5.41, 5.74) is 0.181. The molecule has 33 heavy (non-hydrogen) atoms. The fourth-order valence-corrected chi connectivity index (χ4v) is 5.63. The predicted molar refractivity (Wildman–Crippen MR) is 118 cm³/mol. The summed E-state index contributed by atoms with van der Waals surface area (Å²) in [5, 5.41) is 11.8. The van der Waals surface area contributed by atoms with Gasteiger partial charge >= 0.3 is 0 Å². The van der Waals surface area contributed by atoms with Gasteiger partial charge in [-0.3, -0.25) is 29.4 Å². The summed E-state index contributed by atoms with van der Waals surface area (Å²) in [6, 6.07) is 9.22. The average molecular weight is 470 g/mol. The molecule has 3 aliphatic rings. The number of hydrogen-bond donors (Lipinski definition) is 0. The van der Waals surface area contributed by atoms with Crippen molar-refractivity contribution >= 4 is 40.6 Å². The van der Waals surface area contributed by atoms with Crippen molar-refractivity contribution < 1.29 is 24.0 Å². The summed E-state index contributed by atoms with van der Waals surface area (Å²) in [4.78, 5) is 54.4. The van der Waals surface area contributed by atoms with Crippen LogP contribution in [-0.2, 0) is 9.59 Å². The SMILES string of the molecule is COc1ccc([N+](=O)[O-])cc1N1C(=O)[C@@H]2[C@H](C1=O)[C@@H](C(=O)c1ccc(Cl)cc1)N1CCC[C@H]21. The molecule has 0 bridgehead atoms. The molecule has 4 atom stereocenters. The molecule has 0 spiro atoms. The lowest BCUT2D eigenvalue weighted by Gasteiger charge is -2.28. The highest BCUT2D eigenvalue weighted by Gasteiger charge is 2.65. The molecular formula is C23H20ClN3O6. The van der Waals surface area contributed by atoms with E-state index in [9.17, 15) is 24.5 Å². The van der Waals surface area contributed by atoms with E-state index in [1.807, 2.05) is 4.90 Å². The monoisotopic (exact) mass is 469 g/mol. The van der Waals surface area contributed by atoms with Crippen molar-refractivity contribution in [1.82, 2.24) is 4.90 Å². The summed E-state index contributed by atoms with van der Waals surface area (Å²) in [7, 11) is 1.36. The van der Waals surface area contributed by atoms with Crippen molar-refractivity contribution in [2.45, 2.75) is 24.9 Å². The Bertz CT molecular complexity index is 1180. The lowest BCUT2D eigenvalue weighted by molar-refractivity contribution is -0.384. The molecule has 170 valence electrons. The normalized spacial score (nSPS) is 26.4. The minimum Gasteiger partial charge on any atom is -0.495 e. The number of rotatable bonds is 5. The van der Waals surface area contributed by atoms with E-state index < -0.39 is 34.6 Å². The van der Waals surface area contributed by atoms with Crippen molar-refractivity contribution in [2.75, 3.05) is 18.6 Å². The Morgan fingerprint density at radius 3 is 2.48 bits per heavy atom. The molecular weight excluding hydrogens is 450 g/mol. The van der Waals surface area contributed by atoms with Crippen molar-refractivity contribution in [1.29, 1.82) is 0 Å². The topological polar surface area (TPSA) is 110 Å². The zero-order chi connectivity index (χ0) is 23.4. The van der Waals surface area contributed by atoms with Gasteiger partial charge in [0.05, 0.1) is 29.9 Å². The van der Waals surface area contributed by atoms with Crippen LogP contribution in [0.15, 0.2) is 42.5 Å². The number of anilines is 1. The highest BCUT2D eigenvalue weighted by atomic mass is 35.5. The fourth-order valence-electron chi connectivity index (χ4n) is 5.50. The summed E-state index contributed by atoms with van der Waals surface area (Å²) < 4.78 is 5.29. The first kappa shape index (κ1) is 21.5. The number of benzene rings is 2. The Kier molecular flexibility index (Phi) is 5.18. The summed E-state index contributed by atoms with van der Waals surface area (Å²) in [5.74, 6) is -2.61. The maximum atomic E-state index is 13.7. The Labute approximate surface area is 194 Å². The third-order valence-corrected chi connectivity index (χ3v) is 7.12. The first-order valence-electron chi connectivity index (χ1n) is 10.6. The highest BCUT2D eigenvalue weighted by Crippen LogP contribution is 2.50. The number of fused-ring (bicyclic) bond motifs is 3. The molecule has 9 nitrogen and oxygen atoms in total. The van der Waals surface area contributed by atoms with Gasteiger partial charge in [-0.15, -0.1) is 0 Å². The van der Waals surface area contributed by atoms with E-state index in [4.69, 9.17) is 16.3 Å². The second-order valence-electron chi connectivity index (χ2n) is 8.44. The number of carbonyl (C=O) groups excluding carboxylic acids is 3. The van der Waals surface area contributed by atoms with Crippen molar-refractivity contribution in [3.63, 3.8) is 0 Å². The van der Waals surface area contributed by atoms with E-state index in [0.717, 1.165) is 17.4 Å². The van der Waals surface area contributed by atoms with Crippen LogP contribution >= 0.6 is 11.6 Å². The summed E-state index contributed by atoms with van der Waals surface area (Å²) >= 11 is 5.96. The van der Waals surface area contributed by atoms with Gasteiger partial charge in [-0.2, -0.15) is 0 Å². The summed E-state index contributed by atoms with van der Waals surface area (Å²) in [6.45, 7) is 0.627. The van der Waals surface area contributed by atoms with Crippen LogP contribution in [0, 0.1) is 22.0 Å². The molecule has 0 aromatic heterocycles. The van der Waals surface area contributed by atoms with E-state index in [-0.39, 0.29) is 28.9 Å². The highest BCUT2D eigenvalue weighted by molar-refractivity contribution is 6.30. The van der Waals surface area contributed by atoms with Crippen LogP contribution in [0.5, 0.6) is 5.75 Å². The molecule has 0 N–H and O–H groups in total. The van der Waals surface area contributed by atoms with Gasteiger partial charge < -0.3 is 4.74 Å². The van der Waals surface area contributed by atoms with E-state index in [2.05, 4.69) is 0 Å². The van der Waals surface area contributed by atoms with E-state index in [1.165, 1.54) is 19.2 Å². The van der Waals surface area contributed by atoms with Gasteiger partial charge in [0.2, 0.25) is 11.8 Å². The molecule has 10 heteroatoms. The standard InChI is InChI=1S/C23H20ClN3O6/c1-33-17-9-8-14(27(31)32)11-16(17)26-22(29)18-15-3-2-10-25(15)20(19(18)23(26)30)21(28)12-4-6-13(24)7-5-12/h4-9,11,15,18-20H,2-3,10H2,1H3/t15-,18+,19+,20+/m1/s1. The largest absolute Gasteiger partial charge is 0.495 e. The molecule has 3 aliphatic heterocycles. The molecule has 2 aromatic carbocycles. The van der Waals surface area contributed by atoms with Crippen LogP contribution in [0.1, 0.15) is 23.2 Å². The first-order valence-corrected chi connectivity index (χ1v) is 11.0. The Morgan fingerprint density at radius 2 is 1.82 bits per heavy atom. The number of ketones is 1. The van der Waals surface area contributed by atoms with Crippen molar-refractivity contribution in [3.05, 3.63) is 63.2 Å². The molecule has 3 fully saturated rings. The predicted octanol–water partition coefficient (Wildman–Crippen LogP) is 3.09. The Morgan fingerprint density at radius 1 is 1.12 bits per heavy atom. The molecule has 2 aromatic rings. The zero-order valence-electron chi connectivity index (χ0n) is 17.6. The number of nitro groups is 1. The smallest absolute Gasteiger partial charge is 0.271 e. The zero-order valence-corrected chi connectivity index (χ0v) is 18.4. The van der Waals surface area contributed by atoms with Crippen molar-refractivity contribution in [3.8, 4) is 5.75 Å². The molecule has 0 unspecified atom stereocenters. The number of ether oxygens (including phenoxy) is 1. The van der Waals surface area contributed by atoms with Crippen molar-refractivity contribution in [2.24, 2.45) is 11.8 Å².